The van der Waals surface area contributed by atoms with Crippen LogP contribution < -0.4 is 0 Å². The molecule has 0 unspecified atom stereocenters. The van der Waals surface area contributed by atoms with Gasteiger partial charge in [-0.25, -0.2) is 0 Å². The summed E-state index contributed by atoms with van der Waals surface area (Å²) < 4.78 is 35.9. The molecule has 2 aliphatic heterocycles. The Hall–Kier alpha value is -0.0631. The fourth-order valence-corrected chi connectivity index (χ4v) is 4.98. The van der Waals surface area contributed by atoms with Crippen molar-refractivity contribution in [1.82, 2.24) is 0 Å². The van der Waals surface area contributed by atoms with E-state index >= 15 is 0 Å². The predicted molar refractivity (Wildman–Crippen MR) is 114 cm³/mol. The lowest BCUT2D eigenvalue weighted by Crippen LogP contribution is -2.66. The molecule has 7 nitrogen and oxygen atoms in total. The molecule has 0 aliphatic carbocycles. The van der Waals surface area contributed by atoms with Gasteiger partial charge in [-0.3, -0.25) is 0 Å². The fourth-order valence-electron chi connectivity index (χ4n) is 3.95. The van der Waals surface area contributed by atoms with Gasteiger partial charge < -0.3 is 33.2 Å². The molecule has 2 saturated heterocycles. The lowest BCUT2D eigenvalue weighted by molar-refractivity contribution is -0.331. The molecule has 1 N–H and O–H groups in total. The topological polar surface area (TPSA) is 75.6 Å². The molecule has 8 heteroatoms. The Bertz CT molecular complexity index is 520. The summed E-state index contributed by atoms with van der Waals surface area (Å²) in [7, 11) is 1.55. The van der Waals surface area contributed by atoms with Crippen molar-refractivity contribution in [2.75, 3.05) is 34.2 Å². The van der Waals surface area contributed by atoms with Crippen LogP contribution in [0.1, 0.15) is 41.0 Å². The molecular formula is C21H42O7Si. The Morgan fingerprint density at radius 2 is 1.79 bits per heavy atom. The van der Waals surface area contributed by atoms with Crippen LogP contribution >= 0.6 is 0 Å². The molecule has 0 radical (unpaired) electrons. The van der Waals surface area contributed by atoms with Crippen molar-refractivity contribution in [3.8, 4) is 0 Å². The van der Waals surface area contributed by atoms with Gasteiger partial charge in [0.05, 0.1) is 31.5 Å². The van der Waals surface area contributed by atoms with Gasteiger partial charge in [0.2, 0.25) is 0 Å². The highest BCUT2D eigenvalue weighted by molar-refractivity contribution is 6.74. The number of rotatable bonds is 8. The highest BCUT2D eigenvalue weighted by Crippen LogP contribution is 2.44. The lowest BCUT2D eigenvalue weighted by atomic mass is 9.72. The third-order valence-corrected chi connectivity index (χ3v) is 11.6. The van der Waals surface area contributed by atoms with Crippen molar-refractivity contribution >= 4 is 8.32 Å². The molecule has 0 saturated carbocycles. The van der Waals surface area contributed by atoms with Gasteiger partial charge in [0.15, 0.2) is 8.32 Å². The standard InChI is InChI=1S/C21H42O7Si/c1-20(2,3)29(8,9)27-12-14(23-6)10-16-21(4,5)19(24-7)18-17(28-16)15(11-22)25-13-26-18/h14-19,22H,10-13H2,1-9H3/t14-,15+,16+,17+,18-,19+/m0/s1. The van der Waals surface area contributed by atoms with Crippen molar-refractivity contribution in [3.05, 3.63) is 0 Å². The number of methoxy groups -OCH3 is 2. The Labute approximate surface area is 177 Å². The van der Waals surface area contributed by atoms with E-state index in [2.05, 4.69) is 47.7 Å². The first-order valence-electron chi connectivity index (χ1n) is 10.6. The molecule has 29 heavy (non-hydrogen) atoms. The normalized spacial score (nSPS) is 33.9. The predicted octanol–water partition coefficient (Wildman–Crippen LogP) is 2.96. The minimum atomic E-state index is -1.87. The van der Waals surface area contributed by atoms with E-state index in [1.165, 1.54) is 0 Å². The zero-order valence-corrected chi connectivity index (χ0v) is 20.7. The van der Waals surface area contributed by atoms with Crippen molar-refractivity contribution in [2.45, 2.75) is 95.8 Å². The molecule has 0 aromatic carbocycles. The summed E-state index contributed by atoms with van der Waals surface area (Å²) in [6.07, 6.45) is -0.838. The van der Waals surface area contributed by atoms with Crippen molar-refractivity contribution in [3.63, 3.8) is 0 Å². The van der Waals surface area contributed by atoms with Gasteiger partial charge in [-0.1, -0.05) is 34.6 Å². The number of fused-ring (bicyclic) bond motifs is 1. The van der Waals surface area contributed by atoms with E-state index in [0.717, 1.165) is 0 Å². The maximum atomic E-state index is 9.74. The minimum Gasteiger partial charge on any atom is -0.414 e. The molecule has 2 heterocycles. The molecule has 0 spiro atoms. The highest BCUT2D eigenvalue weighted by Gasteiger charge is 2.55. The van der Waals surface area contributed by atoms with Crippen molar-refractivity contribution < 1.29 is 33.2 Å². The van der Waals surface area contributed by atoms with Gasteiger partial charge in [-0.05, 0) is 18.1 Å². The van der Waals surface area contributed by atoms with Crippen LogP contribution in [0.3, 0.4) is 0 Å². The fraction of sp³-hybridized carbons (Fsp3) is 1.00. The first-order chi connectivity index (χ1) is 13.4. The van der Waals surface area contributed by atoms with Crippen LogP contribution in [0.25, 0.3) is 0 Å². The molecule has 2 aliphatic rings. The van der Waals surface area contributed by atoms with Crippen LogP contribution in [-0.2, 0) is 28.1 Å². The van der Waals surface area contributed by atoms with Gasteiger partial charge >= 0.3 is 0 Å². The highest BCUT2D eigenvalue weighted by atomic mass is 28.4. The Morgan fingerprint density at radius 1 is 1.14 bits per heavy atom. The van der Waals surface area contributed by atoms with Crippen molar-refractivity contribution in [2.24, 2.45) is 5.41 Å². The van der Waals surface area contributed by atoms with Crippen LogP contribution in [0.5, 0.6) is 0 Å². The smallest absolute Gasteiger partial charge is 0.192 e. The van der Waals surface area contributed by atoms with E-state index in [9.17, 15) is 5.11 Å². The maximum Gasteiger partial charge on any atom is 0.192 e. The molecule has 172 valence electrons. The number of hydrogen-bond donors (Lipinski definition) is 1. The summed E-state index contributed by atoms with van der Waals surface area (Å²) in [6.45, 7) is 16.0. The number of ether oxygens (including phenoxy) is 5. The van der Waals surface area contributed by atoms with Crippen molar-refractivity contribution in [1.29, 1.82) is 0 Å². The zero-order valence-electron chi connectivity index (χ0n) is 19.7. The van der Waals surface area contributed by atoms with E-state index in [0.29, 0.717) is 13.0 Å². The molecule has 6 atom stereocenters. The molecule has 2 fully saturated rings. The maximum absolute atomic E-state index is 9.74. The molecule has 0 amide bonds. The molecular weight excluding hydrogens is 392 g/mol. The Morgan fingerprint density at radius 3 is 2.31 bits per heavy atom. The quantitative estimate of drug-likeness (QED) is 0.589. The minimum absolute atomic E-state index is 0.0968. The molecule has 0 aromatic heterocycles. The van der Waals surface area contributed by atoms with E-state index in [4.69, 9.17) is 28.1 Å². The Kier molecular flexibility index (Phi) is 8.35. The molecule has 0 bridgehead atoms. The SMILES string of the molecule is CO[C@H](CO[Si](C)(C)C(C)(C)C)C[C@H]1O[C@H]2[C@H](OCO[C@@H]2CO)[C@@H](OC)C1(C)C. The second-order valence-electron chi connectivity index (χ2n) is 10.4. The summed E-state index contributed by atoms with van der Waals surface area (Å²) in [5.41, 5.74) is -0.305. The average molecular weight is 435 g/mol. The third-order valence-electron chi connectivity index (χ3n) is 7.10. The molecule has 2 rings (SSSR count). The molecule has 0 aromatic rings. The van der Waals surface area contributed by atoms with E-state index in [1.54, 1.807) is 14.2 Å². The van der Waals surface area contributed by atoms with Gasteiger partial charge in [-0.15, -0.1) is 0 Å². The third kappa shape index (κ3) is 5.41. The number of aliphatic hydroxyl groups is 1. The van der Waals surface area contributed by atoms with Crippen LogP contribution in [-0.4, -0.2) is 84.3 Å². The van der Waals surface area contributed by atoms with Crippen LogP contribution in [0.15, 0.2) is 0 Å². The monoisotopic (exact) mass is 434 g/mol. The van der Waals surface area contributed by atoms with Gasteiger partial charge in [0, 0.05) is 26.1 Å². The summed E-state index contributed by atoms with van der Waals surface area (Å²) in [6, 6.07) is 0. The van der Waals surface area contributed by atoms with E-state index < -0.39 is 14.4 Å². The second-order valence-corrected chi connectivity index (χ2v) is 15.2. The van der Waals surface area contributed by atoms with E-state index in [-0.39, 0.29) is 54.4 Å². The lowest BCUT2D eigenvalue weighted by Gasteiger charge is -2.54. The number of aliphatic hydroxyl groups excluding tert-OH is 1. The largest absolute Gasteiger partial charge is 0.414 e. The van der Waals surface area contributed by atoms with Gasteiger partial charge in [-0.2, -0.15) is 0 Å². The van der Waals surface area contributed by atoms with Crippen LogP contribution in [0, 0.1) is 5.41 Å². The van der Waals surface area contributed by atoms with Gasteiger partial charge in [0.1, 0.15) is 25.1 Å². The summed E-state index contributed by atoms with van der Waals surface area (Å²) in [5.74, 6) is 0. The number of hydrogen-bond acceptors (Lipinski definition) is 7. The average Bonchev–Trinajstić information content (AvgIpc) is 2.63. The zero-order chi connectivity index (χ0) is 22.0. The summed E-state index contributed by atoms with van der Waals surface area (Å²) >= 11 is 0. The van der Waals surface area contributed by atoms with E-state index in [1.807, 2.05) is 0 Å². The Balaban J connectivity index is 2.13. The van der Waals surface area contributed by atoms with Crippen LogP contribution in [0.2, 0.25) is 18.1 Å². The summed E-state index contributed by atoms with van der Waals surface area (Å²) in [4.78, 5) is 0. The van der Waals surface area contributed by atoms with Crippen LogP contribution in [0.4, 0.5) is 0 Å². The first-order valence-corrected chi connectivity index (χ1v) is 13.5. The summed E-state index contributed by atoms with van der Waals surface area (Å²) in [5, 5.41) is 9.89. The first kappa shape index (κ1) is 25.2. The second kappa shape index (κ2) is 9.61. The van der Waals surface area contributed by atoms with Gasteiger partial charge in [0.25, 0.3) is 0 Å².